The second kappa shape index (κ2) is 11.4. The first-order valence-electron chi connectivity index (χ1n) is 11.3. The lowest BCUT2D eigenvalue weighted by atomic mass is 10.1. The largest absolute Gasteiger partial charge is 0.493 e. The van der Waals surface area contributed by atoms with E-state index < -0.39 is 5.91 Å². The highest BCUT2D eigenvalue weighted by molar-refractivity contribution is 7.17. The molecule has 9 heteroatoms. The minimum atomic E-state index is -0.438. The lowest BCUT2D eigenvalue weighted by Crippen LogP contribution is -2.30. The van der Waals surface area contributed by atoms with Gasteiger partial charge in [-0.15, -0.1) is 11.3 Å². The maximum atomic E-state index is 13.1. The van der Waals surface area contributed by atoms with Crippen molar-refractivity contribution in [1.29, 1.82) is 0 Å². The van der Waals surface area contributed by atoms with Gasteiger partial charge in [-0.3, -0.25) is 14.2 Å². The van der Waals surface area contributed by atoms with Gasteiger partial charge in [0.2, 0.25) is 0 Å². The molecule has 0 bridgehead atoms. The molecule has 35 heavy (non-hydrogen) atoms. The van der Waals surface area contributed by atoms with Crippen molar-refractivity contribution in [2.24, 2.45) is 5.10 Å². The first-order chi connectivity index (χ1) is 17.1. The van der Waals surface area contributed by atoms with Gasteiger partial charge in [-0.1, -0.05) is 43.7 Å². The molecule has 0 aliphatic heterocycles. The molecule has 2 aromatic heterocycles. The Bertz CT molecular complexity index is 1400. The maximum absolute atomic E-state index is 13.1. The third-order valence-corrected chi connectivity index (χ3v) is 6.19. The van der Waals surface area contributed by atoms with Crippen LogP contribution in [0.15, 0.2) is 70.1 Å². The van der Waals surface area contributed by atoms with E-state index in [0.717, 1.165) is 29.5 Å². The molecule has 4 aromatic rings. The monoisotopic (exact) mass is 490 g/mol. The van der Waals surface area contributed by atoms with E-state index in [9.17, 15) is 9.59 Å². The Morgan fingerprint density at radius 1 is 1.20 bits per heavy atom. The van der Waals surface area contributed by atoms with E-state index in [-0.39, 0.29) is 12.1 Å². The van der Waals surface area contributed by atoms with Crippen molar-refractivity contribution in [1.82, 2.24) is 15.0 Å². The summed E-state index contributed by atoms with van der Waals surface area (Å²) < 4.78 is 12.4. The molecule has 0 saturated heterocycles. The zero-order chi connectivity index (χ0) is 24.6. The fourth-order valence-corrected chi connectivity index (χ4v) is 4.40. The summed E-state index contributed by atoms with van der Waals surface area (Å²) in [7, 11) is 1.57. The normalized spacial score (nSPS) is 11.1. The molecule has 0 aliphatic carbocycles. The number of amides is 1. The second-order valence-corrected chi connectivity index (χ2v) is 8.64. The number of thiophene rings is 1. The lowest BCUT2D eigenvalue weighted by Gasteiger charge is -2.10. The predicted molar refractivity (Wildman–Crippen MR) is 138 cm³/mol. The Morgan fingerprint density at radius 3 is 2.80 bits per heavy atom. The number of methoxy groups -OCH3 is 1. The summed E-state index contributed by atoms with van der Waals surface area (Å²) in [4.78, 5) is 30.5. The topological polar surface area (TPSA) is 94.8 Å². The van der Waals surface area contributed by atoms with E-state index >= 15 is 0 Å². The number of carbonyl (C=O) groups excluding carboxylic acids is 1. The Morgan fingerprint density at radius 2 is 2.03 bits per heavy atom. The molecular formula is C26H26N4O4S. The summed E-state index contributed by atoms with van der Waals surface area (Å²) in [6, 6.07) is 15.1. The molecule has 0 atom stereocenters. The number of fused-ring (bicyclic) bond motifs is 1. The molecule has 1 amide bonds. The van der Waals surface area contributed by atoms with Crippen LogP contribution in [0.2, 0.25) is 0 Å². The van der Waals surface area contributed by atoms with Gasteiger partial charge in [-0.05, 0) is 35.7 Å². The fourth-order valence-electron chi connectivity index (χ4n) is 3.49. The first-order valence-corrected chi connectivity index (χ1v) is 12.1. The average molecular weight is 491 g/mol. The summed E-state index contributed by atoms with van der Waals surface area (Å²) in [6.45, 7) is 2.52. The highest BCUT2D eigenvalue weighted by atomic mass is 32.1. The van der Waals surface area contributed by atoms with Crippen molar-refractivity contribution < 1.29 is 14.3 Å². The van der Waals surface area contributed by atoms with Crippen LogP contribution in [0.4, 0.5) is 0 Å². The Kier molecular flexibility index (Phi) is 7.89. The third-order valence-electron chi connectivity index (χ3n) is 5.31. The van der Waals surface area contributed by atoms with Gasteiger partial charge in [0.1, 0.15) is 11.4 Å². The van der Waals surface area contributed by atoms with Crippen LogP contribution in [0.25, 0.3) is 21.3 Å². The van der Waals surface area contributed by atoms with Crippen LogP contribution < -0.4 is 20.5 Å². The number of benzene rings is 2. The lowest BCUT2D eigenvalue weighted by molar-refractivity contribution is -0.121. The molecule has 0 fully saturated rings. The van der Waals surface area contributed by atoms with Gasteiger partial charge in [-0.25, -0.2) is 10.4 Å². The molecule has 4 rings (SSSR count). The van der Waals surface area contributed by atoms with Crippen molar-refractivity contribution in [2.75, 3.05) is 13.7 Å². The minimum absolute atomic E-state index is 0.198. The van der Waals surface area contributed by atoms with Crippen molar-refractivity contribution in [3.8, 4) is 22.6 Å². The number of hydrazone groups is 1. The standard InChI is InChI=1S/C26H26N4O4S/c1-3-4-12-34-21-11-10-18(13-22(21)33-2)14-28-29-23(31)15-30-17-27-25-24(26(30)32)20(16-35-25)19-8-6-5-7-9-19/h5-11,13-14,16-17H,3-4,12,15H2,1-2H3,(H,29,31)/b28-14-. The van der Waals surface area contributed by atoms with Gasteiger partial charge in [0.05, 0.1) is 31.6 Å². The van der Waals surface area contributed by atoms with Crippen LogP contribution in [0.5, 0.6) is 11.5 Å². The van der Waals surface area contributed by atoms with E-state index in [2.05, 4.69) is 22.4 Å². The number of nitrogens with zero attached hydrogens (tertiary/aromatic N) is 3. The summed E-state index contributed by atoms with van der Waals surface area (Å²) in [5.74, 6) is 0.812. The molecular weight excluding hydrogens is 464 g/mol. The number of carbonyl (C=O) groups is 1. The van der Waals surface area contributed by atoms with Crippen LogP contribution in [0.1, 0.15) is 25.3 Å². The van der Waals surface area contributed by atoms with Crippen molar-refractivity contribution in [3.05, 3.63) is 76.2 Å². The minimum Gasteiger partial charge on any atom is -0.493 e. The van der Waals surface area contributed by atoms with Crippen molar-refractivity contribution >= 4 is 33.7 Å². The molecule has 0 unspecified atom stereocenters. The number of ether oxygens (including phenoxy) is 2. The molecule has 180 valence electrons. The van der Waals surface area contributed by atoms with Crippen LogP contribution in [0, 0.1) is 0 Å². The Labute approximate surface area is 206 Å². The molecule has 0 aliphatic rings. The number of rotatable bonds is 10. The van der Waals surface area contributed by atoms with Crippen LogP contribution in [0.3, 0.4) is 0 Å². The summed E-state index contributed by atoms with van der Waals surface area (Å²) in [6.07, 6.45) is 4.91. The molecule has 1 N–H and O–H groups in total. The van der Waals surface area contributed by atoms with E-state index in [1.54, 1.807) is 13.2 Å². The van der Waals surface area contributed by atoms with E-state index in [1.807, 2.05) is 47.8 Å². The predicted octanol–water partition coefficient (Wildman–Crippen LogP) is 4.46. The number of hydrogen-bond acceptors (Lipinski definition) is 7. The Balaban J connectivity index is 1.44. The number of unbranched alkanes of at least 4 members (excludes halogenated alkanes) is 1. The van der Waals surface area contributed by atoms with Gasteiger partial charge in [0, 0.05) is 10.9 Å². The maximum Gasteiger partial charge on any atom is 0.263 e. The van der Waals surface area contributed by atoms with Gasteiger partial charge in [0.15, 0.2) is 11.5 Å². The second-order valence-electron chi connectivity index (χ2n) is 7.78. The smallest absolute Gasteiger partial charge is 0.263 e. The number of hydrogen-bond donors (Lipinski definition) is 1. The Hall–Kier alpha value is -3.98. The first kappa shape index (κ1) is 24.2. The number of aromatic nitrogens is 2. The van der Waals surface area contributed by atoms with Gasteiger partial charge in [-0.2, -0.15) is 5.10 Å². The quantitative estimate of drug-likeness (QED) is 0.201. The zero-order valence-electron chi connectivity index (χ0n) is 19.6. The third kappa shape index (κ3) is 5.75. The number of nitrogens with one attached hydrogen (secondary N) is 1. The summed E-state index contributed by atoms with van der Waals surface area (Å²) in [5, 5.41) is 6.43. The zero-order valence-corrected chi connectivity index (χ0v) is 20.4. The van der Waals surface area contributed by atoms with Crippen LogP contribution in [-0.2, 0) is 11.3 Å². The van der Waals surface area contributed by atoms with Crippen LogP contribution in [-0.4, -0.2) is 35.4 Å². The van der Waals surface area contributed by atoms with Crippen molar-refractivity contribution in [3.63, 3.8) is 0 Å². The highest BCUT2D eigenvalue weighted by Gasteiger charge is 2.14. The van der Waals surface area contributed by atoms with E-state index in [4.69, 9.17) is 9.47 Å². The highest BCUT2D eigenvalue weighted by Crippen LogP contribution is 2.30. The average Bonchev–Trinajstić information content (AvgIpc) is 3.32. The van der Waals surface area contributed by atoms with Gasteiger partial charge < -0.3 is 9.47 Å². The molecule has 0 saturated carbocycles. The van der Waals surface area contributed by atoms with E-state index in [1.165, 1.54) is 28.4 Å². The van der Waals surface area contributed by atoms with E-state index in [0.29, 0.717) is 28.3 Å². The molecule has 8 nitrogen and oxygen atoms in total. The fraction of sp³-hybridized carbons (Fsp3) is 0.231. The SMILES string of the molecule is CCCCOc1ccc(/C=N\NC(=O)Cn2cnc3scc(-c4ccccc4)c3c2=O)cc1OC. The summed E-state index contributed by atoms with van der Waals surface area (Å²) >= 11 is 1.40. The molecule has 0 radical (unpaired) electrons. The van der Waals surface area contributed by atoms with Gasteiger partial charge >= 0.3 is 0 Å². The van der Waals surface area contributed by atoms with Crippen LogP contribution >= 0.6 is 11.3 Å². The molecule has 2 heterocycles. The summed E-state index contributed by atoms with van der Waals surface area (Å²) in [5.41, 5.74) is 4.67. The van der Waals surface area contributed by atoms with Crippen molar-refractivity contribution in [2.45, 2.75) is 26.3 Å². The van der Waals surface area contributed by atoms with Gasteiger partial charge in [0.25, 0.3) is 11.5 Å². The molecule has 0 spiro atoms. The molecule has 2 aromatic carbocycles.